The molecule has 2 aliphatic rings. The molecular weight excluding hydrogens is 148 g/mol. The fourth-order valence-electron chi connectivity index (χ4n) is 2.41. The van der Waals surface area contributed by atoms with Gasteiger partial charge in [-0.15, -0.1) is 0 Å². The minimum atomic E-state index is 0.834. The maximum Gasteiger partial charge on any atom is 0.0345 e. The standard InChI is InChI=1S/C10H20N2/c1-8-3-4-9(5-8)12(2)10-6-11-7-10/h8-11H,3-7H2,1-2H3. The fourth-order valence-corrected chi connectivity index (χ4v) is 2.41. The van der Waals surface area contributed by atoms with Gasteiger partial charge in [-0.1, -0.05) is 6.92 Å². The third-order valence-corrected chi connectivity index (χ3v) is 3.58. The average Bonchev–Trinajstić information content (AvgIpc) is 2.31. The van der Waals surface area contributed by atoms with Crippen molar-refractivity contribution in [2.24, 2.45) is 5.92 Å². The van der Waals surface area contributed by atoms with Crippen molar-refractivity contribution in [1.82, 2.24) is 10.2 Å². The molecule has 12 heavy (non-hydrogen) atoms. The molecule has 0 amide bonds. The summed E-state index contributed by atoms with van der Waals surface area (Å²) in [6, 6.07) is 1.72. The average molecular weight is 168 g/mol. The van der Waals surface area contributed by atoms with Crippen molar-refractivity contribution < 1.29 is 0 Å². The summed E-state index contributed by atoms with van der Waals surface area (Å²) in [7, 11) is 2.30. The van der Waals surface area contributed by atoms with Crippen LogP contribution in [0.3, 0.4) is 0 Å². The Kier molecular flexibility index (Phi) is 2.37. The number of likely N-dealkylation sites (N-methyl/N-ethyl adjacent to an activating group) is 1. The van der Waals surface area contributed by atoms with Gasteiger partial charge in [0.15, 0.2) is 0 Å². The Morgan fingerprint density at radius 2 is 1.92 bits per heavy atom. The first kappa shape index (κ1) is 8.52. The lowest BCUT2D eigenvalue weighted by molar-refractivity contribution is 0.127. The van der Waals surface area contributed by atoms with E-state index in [0.29, 0.717) is 0 Å². The van der Waals surface area contributed by atoms with Crippen LogP contribution in [0.5, 0.6) is 0 Å². The van der Waals surface area contributed by atoms with Crippen LogP contribution in [0.1, 0.15) is 26.2 Å². The van der Waals surface area contributed by atoms with Gasteiger partial charge in [0.05, 0.1) is 0 Å². The second kappa shape index (κ2) is 3.35. The molecule has 70 valence electrons. The van der Waals surface area contributed by atoms with Crippen LogP contribution in [0.25, 0.3) is 0 Å². The third kappa shape index (κ3) is 1.50. The molecule has 1 N–H and O–H groups in total. The van der Waals surface area contributed by atoms with Crippen molar-refractivity contribution in [3.8, 4) is 0 Å². The van der Waals surface area contributed by atoms with E-state index in [0.717, 1.165) is 18.0 Å². The summed E-state index contributed by atoms with van der Waals surface area (Å²) in [5.41, 5.74) is 0. The normalized spacial score (nSPS) is 37.2. The van der Waals surface area contributed by atoms with Crippen LogP contribution in [-0.2, 0) is 0 Å². The predicted molar refractivity (Wildman–Crippen MR) is 51.2 cm³/mol. The van der Waals surface area contributed by atoms with Gasteiger partial charge in [0.1, 0.15) is 0 Å². The van der Waals surface area contributed by atoms with E-state index in [1.807, 2.05) is 0 Å². The van der Waals surface area contributed by atoms with Crippen molar-refractivity contribution in [1.29, 1.82) is 0 Å². The summed E-state index contributed by atoms with van der Waals surface area (Å²) < 4.78 is 0. The molecule has 2 heteroatoms. The van der Waals surface area contributed by atoms with Gasteiger partial charge in [-0.05, 0) is 32.2 Å². The summed E-state index contributed by atoms with van der Waals surface area (Å²) >= 11 is 0. The first-order valence-electron chi connectivity index (χ1n) is 5.20. The summed E-state index contributed by atoms with van der Waals surface area (Å²) in [5, 5.41) is 3.34. The second-order valence-corrected chi connectivity index (χ2v) is 4.55. The molecule has 0 aromatic heterocycles. The Balaban J connectivity index is 1.83. The molecule has 1 aliphatic carbocycles. The van der Waals surface area contributed by atoms with Crippen molar-refractivity contribution in [3.05, 3.63) is 0 Å². The zero-order valence-electron chi connectivity index (χ0n) is 8.21. The van der Waals surface area contributed by atoms with E-state index in [1.54, 1.807) is 0 Å². The SMILES string of the molecule is CC1CCC(N(C)C2CNC2)C1. The van der Waals surface area contributed by atoms with Gasteiger partial charge in [0.2, 0.25) is 0 Å². The van der Waals surface area contributed by atoms with Crippen LogP contribution in [-0.4, -0.2) is 37.1 Å². The number of nitrogens with one attached hydrogen (secondary N) is 1. The molecule has 1 heterocycles. The second-order valence-electron chi connectivity index (χ2n) is 4.55. The Morgan fingerprint density at radius 3 is 2.33 bits per heavy atom. The van der Waals surface area contributed by atoms with Gasteiger partial charge in [-0.25, -0.2) is 0 Å². The molecule has 0 aromatic carbocycles. The Labute approximate surface area is 75.3 Å². The Morgan fingerprint density at radius 1 is 1.17 bits per heavy atom. The lowest BCUT2D eigenvalue weighted by Gasteiger charge is -2.39. The van der Waals surface area contributed by atoms with E-state index in [2.05, 4.69) is 24.2 Å². The first-order chi connectivity index (χ1) is 5.77. The molecule has 1 aliphatic heterocycles. The fraction of sp³-hybridized carbons (Fsp3) is 1.00. The van der Waals surface area contributed by atoms with Crippen LogP contribution in [0.4, 0.5) is 0 Å². The third-order valence-electron chi connectivity index (χ3n) is 3.58. The molecule has 0 spiro atoms. The summed E-state index contributed by atoms with van der Waals surface area (Å²) in [6.07, 6.45) is 4.29. The topological polar surface area (TPSA) is 15.3 Å². The Hall–Kier alpha value is -0.0800. The minimum Gasteiger partial charge on any atom is -0.314 e. The van der Waals surface area contributed by atoms with Gasteiger partial charge in [0, 0.05) is 25.2 Å². The van der Waals surface area contributed by atoms with E-state index < -0.39 is 0 Å². The number of hydrogen-bond donors (Lipinski definition) is 1. The number of hydrogen-bond acceptors (Lipinski definition) is 2. The molecule has 0 radical (unpaired) electrons. The van der Waals surface area contributed by atoms with E-state index in [1.165, 1.54) is 32.4 Å². The van der Waals surface area contributed by atoms with E-state index in [9.17, 15) is 0 Å². The van der Waals surface area contributed by atoms with Gasteiger partial charge >= 0.3 is 0 Å². The number of rotatable bonds is 2. The monoisotopic (exact) mass is 168 g/mol. The molecule has 1 saturated carbocycles. The summed E-state index contributed by atoms with van der Waals surface area (Å²) in [5.74, 6) is 0.963. The molecule has 0 aromatic rings. The zero-order chi connectivity index (χ0) is 8.55. The lowest BCUT2D eigenvalue weighted by Crippen LogP contribution is -2.58. The molecule has 2 atom stereocenters. The Bertz CT molecular complexity index is 154. The van der Waals surface area contributed by atoms with Crippen LogP contribution in [0.2, 0.25) is 0 Å². The van der Waals surface area contributed by atoms with E-state index in [4.69, 9.17) is 0 Å². The van der Waals surface area contributed by atoms with Crippen molar-refractivity contribution >= 4 is 0 Å². The van der Waals surface area contributed by atoms with Crippen molar-refractivity contribution in [2.75, 3.05) is 20.1 Å². The van der Waals surface area contributed by atoms with Gasteiger partial charge in [-0.3, -0.25) is 4.90 Å². The highest BCUT2D eigenvalue weighted by Crippen LogP contribution is 2.29. The van der Waals surface area contributed by atoms with Crippen LogP contribution in [0, 0.1) is 5.92 Å². The molecule has 0 bridgehead atoms. The van der Waals surface area contributed by atoms with E-state index in [-0.39, 0.29) is 0 Å². The van der Waals surface area contributed by atoms with Crippen molar-refractivity contribution in [3.63, 3.8) is 0 Å². The van der Waals surface area contributed by atoms with Gasteiger partial charge in [0.25, 0.3) is 0 Å². The summed E-state index contributed by atoms with van der Waals surface area (Å²) in [6.45, 7) is 4.80. The highest BCUT2D eigenvalue weighted by atomic mass is 15.2. The van der Waals surface area contributed by atoms with Gasteiger partial charge < -0.3 is 5.32 Å². The zero-order valence-corrected chi connectivity index (χ0v) is 8.21. The minimum absolute atomic E-state index is 0.834. The first-order valence-corrected chi connectivity index (χ1v) is 5.20. The lowest BCUT2D eigenvalue weighted by atomic mass is 10.1. The maximum atomic E-state index is 3.34. The van der Waals surface area contributed by atoms with E-state index >= 15 is 0 Å². The smallest absolute Gasteiger partial charge is 0.0345 e. The van der Waals surface area contributed by atoms with Crippen LogP contribution < -0.4 is 5.32 Å². The molecule has 2 nitrogen and oxygen atoms in total. The molecule has 2 fully saturated rings. The highest BCUT2D eigenvalue weighted by molar-refractivity contribution is 4.89. The van der Waals surface area contributed by atoms with Crippen LogP contribution >= 0.6 is 0 Å². The molecule has 2 rings (SSSR count). The maximum absolute atomic E-state index is 3.34. The molecule has 1 saturated heterocycles. The quantitative estimate of drug-likeness (QED) is 0.663. The van der Waals surface area contributed by atoms with Crippen LogP contribution in [0.15, 0.2) is 0 Å². The highest BCUT2D eigenvalue weighted by Gasteiger charge is 2.31. The molecular formula is C10H20N2. The predicted octanol–water partition coefficient (Wildman–Crippen LogP) is 1.08. The number of nitrogens with zero attached hydrogens (tertiary/aromatic N) is 1. The summed E-state index contributed by atoms with van der Waals surface area (Å²) in [4.78, 5) is 2.60. The van der Waals surface area contributed by atoms with Gasteiger partial charge in [-0.2, -0.15) is 0 Å². The molecule has 2 unspecified atom stereocenters. The largest absolute Gasteiger partial charge is 0.314 e. The van der Waals surface area contributed by atoms with Crippen molar-refractivity contribution in [2.45, 2.75) is 38.3 Å².